The first-order valence-electron chi connectivity index (χ1n) is 11.5. The Bertz CT molecular complexity index is 1530. The Labute approximate surface area is 213 Å². The van der Waals surface area contributed by atoms with Gasteiger partial charge in [-0.1, -0.05) is 42.1 Å². The predicted octanol–water partition coefficient (Wildman–Crippen LogP) is 6.38. The van der Waals surface area contributed by atoms with Crippen LogP contribution in [0.1, 0.15) is 34.4 Å². The van der Waals surface area contributed by atoms with E-state index >= 15 is 0 Å². The number of carbonyl (C=O) groups excluding carboxylic acids is 1. The first-order chi connectivity index (χ1) is 17.2. The highest BCUT2D eigenvalue weighted by molar-refractivity contribution is 7.99. The number of benzene rings is 2. The van der Waals surface area contributed by atoms with Gasteiger partial charge in [0.1, 0.15) is 4.83 Å². The smallest absolute Gasteiger partial charge is 0.325 e. The molecule has 0 spiro atoms. The molecular formula is C26H22F3N3O2S2. The number of carbonyl (C=O) groups is 1. The molecule has 0 radical (unpaired) electrons. The van der Waals surface area contributed by atoms with E-state index in [4.69, 9.17) is 4.98 Å². The maximum atomic E-state index is 13.8. The summed E-state index contributed by atoms with van der Waals surface area (Å²) in [6.07, 6.45) is -0.726. The second kappa shape index (κ2) is 9.74. The quantitative estimate of drug-likeness (QED) is 0.241. The van der Waals surface area contributed by atoms with Crippen molar-refractivity contribution in [2.45, 2.75) is 43.9 Å². The Morgan fingerprint density at radius 1 is 1.11 bits per heavy atom. The average Bonchev–Trinajstić information content (AvgIpc) is 3.22. The van der Waals surface area contributed by atoms with Crippen molar-refractivity contribution in [2.75, 3.05) is 11.1 Å². The molecule has 186 valence electrons. The molecule has 2 heterocycles. The van der Waals surface area contributed by atoms with Gasteiger partial charge >= 0.3 is 6.18 Å². The van der Waals surface area contributed by atoms with E-state index in [1.54, 1.807) is 0 Å². The van der Waals surface area contributed by atoms with E-state index in [1.165, 1.54) is 39.0 Å². The van der Waals surface area contributed by atoms with Crippen LogP contribution in [0.15, 0.2) is 58.5 Å². The maximum Gasteiger partial charge on any atom is 0.418 e. The predicted molar refractivity (Wildman–Crippen MR) is 137 cm³/mol. The lowest BCUT2D eigenvalue weighted by molar-refractivity contribution is -0.137. The molecule has 0 atom stereocenters. The summed E-state index contributed by atoms with van der Waals surface area (Å²) in [6.45, 7) is 1.89. The van der Waals surface area contributed by atoms with Gasteiger partial charge in [-0.2, -0.15) is 13.2 Å². The molecule has 2 aromatic heterocycles. The Morgan fingerprint density at radius 3 is 2.61 bits per heavy atom. The SMILES string of the molecule is Cc1ccccc1-n1c(SCC(=O)Nc2ccccc2C(F)(F)F)nc2sc3c(c2c1=O)CCCC3. The number of thioether (sulfide) groups is 1. The molecule has 0 saturated carbocycles. The number of alkyl halides is 3. The van der Waals surface area contributed by atoms with Crippen LogP contribution in [-0.4, -0.2) is 21.2 Å². The summed E-state index contributed by atoms with van der Waals surface area (Å²) in [7, 11) is 0. The summed E-state index contributed by atoms with van der Waals surface area (Å²) in [6, 6.07) is 12.3. The van der Waals surface area contributed by atoms with Crippen LogP contribution < -0.4 is 10.9 Å². The first kappa shape index (κ1) is 24.6. The van der Waals surface area contributed by atoms with Crippen molar-refractivity contribution in [1.82, 2.24) is 9.55 Å². The average molecular weight is 530 g/mol. The summed E-state index contributed by atoms with van der Waals surface area (Å²) in [5.74, 6) is -0.825. The third-order valence-corrected chi connectivity index (χ3v) is 8.28. The third kappa shape index (κ3) is 4.67. The number of halogens is 3. The zero-order valence-electron chi connectivity index (χ0n) is 19.3. The van der Waals surface area contributed by atoms with Gasteiger partial charge in [0, 0.05) is 4.88 Å². The summed E-state index contributed by atoms with van der Waals surface area (Å²) >= 11 is 2.55. The first-order valence-corrected chi connectivity index (χ1v) is 13.3. The lowest BCUT2D eigenvalue weighted by Crippen LogP contribution is -2.24. The van der Waals surface area contributed by atoms with Crippen molar-refractivity contribution in [3.63, 3.8) is 0 Å². The standard InChI is InChI=1S/C26H22F3N3O2S2/c1-15-8-2-6-12-19(15)32-24(34)22-16-9-3-7-13-20(16)36-23(22)31-25(32)35-14-21(33)30-18-11-5-4-10-17(18)26(27,28)29/h2,4-6,8,10-12H,3,7,9,13-14H2,1H3,(H,30,33). The number of fused-ring (bicyclic) bond motifs is 3. The van der Waals surface area contributed by atoms with Gasteiger partial charge in [0.15, 0.2) is 5.16 Å². The summed E-state index contributed by atoms with van der Waals surface area (Å²) in [5.41, 5.74) is 1.21. The van der Waals surface area contributed by atoms with Gasteiger partial charge in [0.2, 0.25) is 5.91 Å². The van der Waals surface area contributed by atoms with Crippen molar-refractivity contribution >= 4 is 44.9 Å². The molecule has 0 unspecified atom stereocenters. The number of para-hydroxylation sites is 2. The van der Waals surface area contributed by atoms with Gasteiger partial charge in [-0.15, -0.1) is 11.3 Å². The number of nitrogens with one attached hydrogen (secondary N) is 1. The molecule has 1 amide bonds. The Kier molecular flexibility index (Phi) is 6.65. The molecule has 1 N–H and O–H groups in total. The Hall–Kier alpha value is -3.11. The number of hydrogen-bond donors (Lipinski definition) is 1. The highest BCUT2D eigenvalue weighted by Crippen LogP contribution is 2.36. The third-order valence-electron chi connectivity index (χ3n) is 6.15. The van der Waals surface area contributed by atoms with E-state index in [2.05, 4.69) is 5.32 Å². The number of amides is 1. The number of hydrogen-bond acceptors (Lipinski definition) is 5. The number of thiophene rings is 1. The lowest BCUT2D eigenvalue weighted by Gasteiger charge is -2.16. The molecular weight excluding hydrogens is 507 g/mol. The molecule has 2 aromatic carbocycles. The van der Waals surface area contributed by atoms with Crippen molar-refractivity contribution in [2.24, 2.45) is 0 Å². The molecule has 0 saturated heterocycles. The molecule has 36 heavy (non-hydrogen) atoms. The lowest BCUT2D eigenvalue weighted by atomic mass is 9.97. The van der Waals surface area contributed by atoms with Crippen LogP contribution in [0.25, 0.3) is 15.9 Å². The maximum absolute atomic E-state index is 13.8. The minimum Gasteiger partial charge on any atom is -0.325 e. The van der Waals surface area contributed by atoms with Crippen LogP contribution >= 0.6 is 23.1 Å². The van der Waals surface area contributed by atoms with Crippen molar-refractivity contribution in [3.05, 3.63) is 80.5 Å². The summed E-state index contributed by atoms with van der Waals surface area (Å²) in [4.78, 5) is 33.1. The van der Waals surface area contributed by atoms with Gasteiger partial charge in [-0.25, -0.2) is 4.98 Å². The van der Waals surface area contributed by atoms with Gasteiger partial charge in [-0.05, 0) is 61.9 Å². The van der Waals surface area contributed by atoms with Gasteiger partial charge in [-0.3, -0.25) is 14.2 Å². The zero-order chi connectivity index (χ0) is 25.4. The number of nitrogens with zero attached hydrogens (tertiary/aromatic N) is 2. The van der Waals surface area contributed by atoms with E-state index in [-0.39, 0.29) is 17.0 Å². The van der Waals surface area contributed by atoms with Gasteiger partial charge < -0.3 is 5.32 Å². The summed E-state index contributed by atoms with van der Waals surface area (Å²) in [5, 5.41) is 3.32. The van der Waals surface area contributed by atoms with Crippen LogP contribution in [0.4, 0.5) is 18.9 Å². The molecule has 5 nitrogen and oxygen atoms in total. The van der Waals surface area contributed by atoms with Crippen LogP contribution in [-0.2, 0) is 23.8 Å². The van der Waals surface area contributed by atoms with Gasteiger partial charge in [0.05, 0.1) is 28.1 Å². The fraction of sp³-hybridized carbons (Fsp3) is 0.269. The second-order valence-corrected chi connectivity index (χ2v) is 10.6. The van der Waals surface area contributed by atoms with Crippen molar-refractivity contribution in [3.8, 4) is 5.69 Å². The number of rotatable bonds is 5. The number of anilines is 1. The normalized spacial score (nSPS) is 13.6. The van der Waals surface area contributed by atoms with E-state index in [0.29, 0.717) is 21.1 Å². The highest BCUT2D eigenvalue weighted by atomic mass is 32.2. The van der Waals surface area contributed by atoms with E-state index in [0.717, 1.165) is 54.6 Å². The van der Waals surface area contributed by atoms with Crippen LogP contribution in [0.2, 0.25) is 0 Å². The molecule has 5 rings (SSSR count). The van der Waals surface area contributed by atoms with E-state index < -0.39 is 17.6 Å². The van der Waals surface area contributed by atoms with Crippen molar-refractivity contribution in [1.29, 1.82) is 0 Å². The number of aromatic nitrogens is 2. The highest BCUT2D eigenvalue weighted by Gasteiger charge is 2.33. The van der Waals surface area contributed by atoms with Crippen LogP contribution in [0, 0.1) is 6.92 Å². The summed E-state index contributed by atoms with van der Waals surface area (Å²) < 4.78 is 41.5. The molecule has 1 aliphatic rings. The molecule has 0 fully saturated rings. The molecule has 0 aliphatic heterocycles. The fourth-order valence-electron chi connectivity index (χ4n) is 4.47. The van der Waals surface area contributed by atoms with Crippen molar-refractivity contribution < 1.29 is 18.0 Å². The topological polar surface area (TPSA) is 64.0 Å². The monoisotopic (exact) mass is 529 g/mol. The molecule has 4 aromatic rings. The molecule has 10 heteroatoms. The van der Waals surface area contributed by atoms with Crippen LogP contribution in [0.3, 0.4) is 0 Å². The Morgan fingerprint density at radius 2 is 1.83 bits per heavy atom. The fourth-order valence-corrected chi connectivity index (χ4v) is 6.57. The van der Waals surface area contributed by atoms with E-state index in [1.807, 2.05) is 31.2 Å². The van der Waals surface area contributed by atoms with Gasteiger partial charge in [0.25, 0.3) is 5.56 Å². The molecule has 1 aliphatic carbocycles. The largest absolute Gasteiger partial charge is 0.418 e. The van der Waals surface area contributed by atoms with E-state index in [9.17, 15) is 22.8 Å². The Balaban J connectivity index is 1.51. The van der Waals surface area contributed by atoms with Crippen LogP contribution in [0.5, 0.6) is 0 Å². The minimum absolute atomic E-state index is 0.181. The zero-order valence-corrected chi connectivity index (χ0v) is 20.9. The number of aryl methyl sites for hydroxylation is 3. The second-order valence-electron chi connectivity index (χ2n) is 8.59. The minimum atomic E-state index is -4.59. The molecule has 0 bridgehead atoms.